The highest BCUT2D eigenvalue weighted by Crippen LogP contribution is 2.26. The van der Waals surface area contributed by atoms with Gasteiger partial charge in [-0.15, -0.1) is 0 Å². The summed E-state index contributed by atoms with van der Waals surface area (Å²) in [5, 5.41) is 1.07. The third-order valence-electron chi connectivity index (χ3n) is 2.81. The lowest BCUT2D eigenvalue weighted by Crippen LogP contribution is -2.14. The molecule has 2 nitrogen and oxygen atoms in total. The monoisotopic (exact) mass is 295 g/mol. The highest BCUT2D eigenvalue weighted by Gasteiger charge is 2.08. The van der Waals surface area contributed by atoms with E-state index < -0.39 is 0 Å². The van der Waals surface area contributed by atoms with E-state index in [9.17, 15) is 0 Å². The number of rotatable bonds is 5. The van der Waals surface area contributed by atoms with Gasteiger partial charge < -0.3 is 10.5 Å². The predicted octanol–water partition coefficient (Wildman–Crippen LogP) is 4.46. The zero-order valence-electron chi connectivity index (χ0n) is 10.4. The Morgan fingerprint density at radius 3 is 2.42 bits per heavy atom. The minimum Gasteiger partial charge on any atom is -0.494 e. The summed E-state index contributed by atoms with van der Waals surface area (Å²) < 4.78 is 5.61. The summed E-state index contributed by atoms with van der Waals surface area (Å²) in [7, 11) is 0. The van der Waals surface area contributed by atoms with E-state index >= 15 is 0 Å². The number of ether oxygens (including phenoxy) is 1. The van der Waals surface area contributed by atoms with Crippen LogP contribution in [0.1, 0.15) is 18.0 Å². The summed E-state index contributed by atoms with van der Waals surface area (Å²) in [6.07, 6.45) is 0.715. The summed E-state index contributed by atoms with van der Waals surface area (Å²) in [4.78, 5) is 0. The van der Waals surface area contributed by atoms with Crippen LogP contribution in [0, 0.1) is 0 Å². The molecule has 2 rings (SSSR count). The Bertz CT molecular complexity index is 531. The van der Waals surface area contributed by atoms with Gasteiger partial charge in [-0.2, -0.15) is 0 Å². The van der Waals surface area contributed by atoms with E-state index in [-0.39, 0.29) is 6.04 Å². The van der Waals surface area contributed by atoms with Gasteiger partial charge in [0.25, 0.3) is 0 Å². The normalized spacial score (nSPS) is 12.2. The zero-order chi connectivity index (χ0) is 13.7. The molecule has 2 aromatic rings. The third-order valence-corrected chi connectivity index (χ3v) is 3.55. The van der Waals surface area contributed by atoms with E-state index in [0.717, 1.165) is 11.3 Å². The van der Waals surface area contributed by atoms with Crippen LogP contribution < -0.4 is 10.5 Å². The lowest BCUT2D eigenvalue weighted by atomic mass is 10.1. The van der Waals surface area contributed by atoms with E-state index in [2.05, 4.69) is 0 Å². The first kappa shape index (κ1) is 14.2. The first-order valence-electron chi connectivity index (χ1n) is 6.05. The van der Waals surface area contributed by atoms with Gasteiger partial charge in [-0.25, -0.2) is 0 Å². The smallest absolute Gasteiger partial charge is 0.119 e. The largest absolute Gasteiger partial charge is 0.494 e. The molecule has 0 saturated carbocycles. The fourth-order valence-electron chi connectivity index (χ4n) is 1.73. The average Bonchev–Trinajstić information content (AvgIpc) is 2.43. The molecule has 2 aromatic carbocycles. The van der Waals surface area contributed by atoms with Crippen LogP contribution >= 0.6 is 23.2 Å². The Hall–Kier alpha value is -1.22. The van der Waals surface area contributed by atoms with Crippen molar-refractivity contribution < 1.29 is 4.74 Å². The van der Waals surface area contributed by atoms with Crippen molar-refractivity contribution in [2.75, 3.05) is 6.61 Å². The molecule has 0 bridgehead atoms. The van der Waals surface area contributed by atoms with Crippen molar-refractivity contribution in [1.29, 1.82) is 0 Å². The Balaban J connectivity index is 1.87. The van der Waals surface area contributed by atoms with E-state index in [1.807, 2.05) is 36.4 Å². The molecule has 0 aromatic heterocycles. The van der Waals surface area contributed by atoms with Gasteiger partial charge >= 0.3 is 0 Å². The molecule has 1 atom stereocenters. The fraction of sp³-hybridized carbons (Fsp3) is 0.200. The maximum atomic E-state index is 6.10. The van der Waals surface area contributed by atoms with Crippen LogP contribution in [0.15, 0.2) is 48.5 Å². The Kier molecular flexibility index (Phi) is 5.08. The molecule has 0 spiro atoms. The Morgan fingerprint density at radius 2 is 1.74 bits per heavy atom. The molecule has 0 amide bonds. The van der Waals surface area contributed by atoms with Crippen LogP contribution in [0.2, 0.25) is 10.0 Å². The highest BCUT2D eigenvalue weighted by atomic mass is 35.5. The number of hydrogen-bond acceptors (Lipinski definition) is 2. The van der Waals surface area contributed by atoms with Gasteiger partial charge in [0.05, 0.1) is 16.7 Å². The molecule has 0 heterocycles. The summed E-state index contributed by atoms with van der Waals surface area (Å²) >= 11 is 11.8. The quantitative estimate of drug-likeness (QED) is 0.884. The minimum absolute atomic E-state index is 0.113. The van der Waals surface area contributed by atoms with Crippen molar-refractivity contribution in [1.82, 2.24) is 0 Å². The van der Waals surface area contributed by atoms with Gasteiger partial charge in [0.1, 0.15) is 5.75 Å². The van der Waals surface area contributed by atoms with E-state index in [1.165, 1.54) is 0 Å². The SMILES string of the molecule is NC(CCOc1ccccc1)c1ccc(Cl)c(Cl)c1. The molecule has 0 fully saturated rings. The molecule has 0 radical (unpaired) electrons. The van der Waals surface area contributed by atoms with Crippen LogP contribution in [0.5, 0.6) is 5.75 Å². The first-order valence-corrected chi connectivity index (χ1v) is 6.81. The van der Waals surface area contributed by atoms with Crippen molar-refractivity contribution >= 4 is 23.2 Å². The Labute approximate surface area is 123 Å². The van der Waals surface area contributed by atoms with Crippen molar-refractivity contribution in [3.05, 3.63) is 64.1 Å². The van der Waals surface area contributed by atoms with Crippen LogP contribution in [0.25, 0.3) is 0 Å². The van der Waals surface area contributed by atoms with E-state index in [0.29, 0.717) is 23.1 Å². The summed E-state index contributed by atoms with van der Waals surface area (Å²) in [6, 6.07) is 15.0. The number of hydrogen-bond donors (Lipinski definition) is 1. The first-order chi connectivity index (χ1) is 9.16. The van der Waals surface area contributed by atoms with Gasteiger partial charge in [-0.1, -0.05) is 47.5 Å². The molecular weight excluding hydrogens is 281 g/mol. The lowest BCUT2D eigenvalue weighted by molar-refractivity contribution is 0.298. The predicted molar refractivity (Wildman–Crippen MR) is 79.9 cm³/mol. The topological polar surface area (TPSA) is 35.2 Å². The standard InChI is InChI=1S/C15H15Cl2NO/c16-13-7-6-11(10-14(13)17)15(18)8-9-19-12-4-2-1-3-5-12/h1-7,10,15H,8-9,18H2. The molecule has 19 heavy (non-hydrogen) atoms. The second-order valence-corrected chi connectivity index (χ2v) is 5.04. The molecule has 2 N–H and O–H groups in total. The number of nitrogens with two attached hydrogens (primary N) is 1. The van der Waals surface area contributed by atoms with Crippen LogP contribution in [-0.2, 0) is 0 Å². The van der Waals surface area contributed by atoms with E-state index in [4.69, 9.17) is 33.7 Å². The summed E-state index contributed by atoms with van der Waals surface area (Å²) in [5.41, 5.74) is 7.06. The fourth-order valence-corrected chi connectivity index (χ4v) is 2.04. The number of para-hydroxylation sites is 1. The van der Waals surface area contributed by atoms with Crippen molar-refractivity contribution in [2.45, 2.75) is 12.5 Å². The van der Waals surface area contributed by atoms with Crippen molar-refractivity contribution in [3.63, 3.8) is 0 Å². The molecular formula is C15H15Cl2NO. The second-order valence-electron chi connectivity index (χ2n) is 4.23. The molecule has 100 valence electrons. The zero-order valence-corrected chi connectivity index (χ0v) is 11.9. The van der Waals surface area contributed by atoms with Crippen molar-refractivity contribution in [2.24, 2.45) is 5.73 Å². The van der Waals surface area contributed by atoms with Gasteiger partial charge in [-0.3, -0.25) is 0 Å². The van der Waals surface area contributed by atoms with Gasteiger partial charge in [-0.05, 0) is 29.8 Å². The number of benzene rings is 2. The molecule has 0 aliphatic carbocycles. The molecule has 0 saturated heterocycles. The van der Waals surface area contributed by atoms with Crippen LogP contribution in [0.4, 0.5) is 0 Å². The van der Waals surface area contributed by atoms with Crippen molar-refractivity contribution in [3.8, 4) is 5.75 Å². The third kappa shape index (κ3) is 4.13. The Morgan fingerprint density at radius 1 is 1.00 bits per heavy atom. The minimum atomic E-state index is -0.113. The van der Waals surface area contributed by atoms with Crippen LogP contribution in [0.3, 0.4) is 0 Å². The average molecular weight is 296 g/mol. The lowest BCUT2D eigenvalue weighted by Gasteiger charge is -2.13. The highest BCUT2D eigenvalue weighted by molar-refractivity contribution is 6.42. The summed E-state index contributed by atoms with van der Waals surface area (Å²) in [5.74, 6) is 0.851. The summed E-state index contributed by atoms with van der Waals surface area (Å²) in [6.45, 7) is 0.561. The van der Waals surface area contributed by atoms with Gasteiger partial charge in [0.2, 0.25) is 0 Å². The maximum Gasteiger partial charge on any atom is 0.119 e. The molecule has 4 heteroatoms. The molecule has 0 aliphatic heterocycles. The van der Waals surface area contributed by atoms with Crippen LogP contribution in [-0.4, -0.2) is 6.61 Å². The maximum absolute atomic E-state index is 6.10. The molecule has 1 unspecified atom stereocenters. The van der Waals surface area contributed by atoms with Gasteiger partial charge in [0.15, 0.2) is 0 Å². The second kappa shape index (κ2) is 6.80. The van der Waals surface area contributed by atoms with Gasteiger partial charge in [0, 0.05) is 12.5 Å². The molecule has 0 aliphatic rings. The number of halogens is 2. The van der Waals surface area contributed by atoms with E-state index in [1.54, 1.807) is 12.1 Å².